The predicted molar refractivity (Wildman–Crippen MR) is 68.9 cm³/mol. The number of rotatable bonds is 3. The van der Waals surface area contributed by atoms with Crippen molar-refractivity contribution in [3.63, 3.8) is 0 Å². The molecule has 0 N–H and O–H groups in total. The van der Waals surface area contributed by atoms with Gasteiger partial charge < -0.3 is 4.74 Å². The van der Waals surface area contributed by atoms with Crippen LogP contribution in [0, 0.1) is 41.8 Å². The molecule has 2 aromatic rings. The molecule has 8 heteroatoms. The van der Waals surface area contributed by atoms with E-state index in [2.05, 4.69) is 4.74 Å². The van der Waals surface area contributed by atoms with Crippen molar-refractivity contribution >= 4 is 18.2 Å². The summed E-state index contributed by atoms with van der Waals surface area (Å²) in [6, 6.07) is 2.01. The lowest BCUT2D eigenvalue weighted by Crippen LogP contribution is -2.38. The zero-order chi connectivity index (χ0) is 16.6. The van der Waals surface area contributed by atoms with E-state index in [0.29, 0.717) is 7.28 Å². The van der Waals surface area contributed by atoms with Crippen molar-refractivity contribution in [1.29, 1.82) is 0 Å². The molecule has 0 aliphatic rings. The van der Waals surface area contributed by atoms with E-state index < -0.39 is 51.6 Å². The van der Waals surface area contributed by atoms with Gasteiger partial charge in [0.1, 0.15) is 11.6 Å². The molecule has 0 atom stereocenters. The Morgan fingerprint density at radius 1 is 0.773 bits per heavy atom. The Hall–Kier alpha value is -2.12. The first-order valence-corrected chi connectivity index (χ1v) is 5.98. The molecule has 22 heavy (non-hydrogen) atoms. The average Bonchev–Trinajstić information content (AvgIpc) is 2.49. The van der Waals surface area contributed by atoms with Gasteiger partial charge in [0.2, 0.25) is 13.1 Å². The quantitative estimate of drug-likeness (QED) is 0.366. The van der Waals surface area contributed by atoms with Crippen molar-refractivity contribution in [2.24, 2.45) is 0 Å². The van der Waals surface area contributed by atoms with E-state index in [1.54, 1.807) is 0 Å². The minimum atomic E-state index is -2.00. The van der Waals surface area contributed by atoms with Crippen LogP contribution in [0.4, 0.5) is 26.3 Å². The maximum atomic E-state index is 14.0. The Morgan fingerprint density at radius 3 is 2.00 bits per heavy atom. The van der Waals surface area contributed by atoms with Gasteiger partial charge in [0.25, 0.3) is 0 Å². The maximum absolute atomic E-state index is 14.0. The third kappa shape index (κ3) is 2.53. The van der Waals surface area contributed by atoms with Crippen LogP contribution < -0.4 is 15.7 Å². The molecule has 0 fully saturated rings. The van der Waals surface area contributed by atoms with Crippen LogP contribution in [0.3, 0.4) is 0 Å². The first-order chi connectivity index (χ1) is 10.3. The topological polar surface area (TPSA) is 9.23 Å². The summed E-state index contributed by atoms with van der Waals surface area (Å²) < 4.78 is 86.2. The second-order valence-electron chi connectivity index (χ2n) is 4.44. The fraction of sp³-hybridized carbons (Fsp3) is 0.143. The summed E-state index contributed by atoms with van der Waals surface area (Å²) in [7, 11) is 1.27. The van der Waals surface area contributed by atoms with Gasteiger partial charge >= 0.3 is 0 Å². The van der Waals surface area contributed by atoms with Crippen LogP contribution in [0.5, 0.6) is 5.75 Å². The van der Waals surface area contributed by atoms with Gasteiger partial charge in [-0.1, -0.05) is 6.07 Å². The molecule has 0 aliphatic heterocycles. The predicted octanol–water partition coefficient (Wildman–Crippen LogP) is 2.49. The molecule has 0 saturated carbocycles. The number of hydrogen-bond acceptors (Lipinski definition) is 1. The Bertz CT molecular complexity index is 747. The molecule has 0 amide bonds. The Labute approximate surface area is 122 Å². The number of benzene rings is 2. The number of methoxy groups -OCH3 is 1. The van der Waals surface area contributed by atoms with Gasteiger partial charge in [-0.15, -0.1) is 0 Å². The molecule has 0 heterocycles. The number of aryl methyl sites for hydroxylation is 1. The lowest BCUT2D eigenvalue weighted by molar-refractivity contribution is 0.338. The molecule has 0 spiro atoms. The van der Waals surface area contributed by atoms with Crippen LogP contribution in [0.1, 0.15) is 5.56 Å². The summed E-state index contributed by atoms with van der Waals surface area (Å²) in [4.78, 5) is 0. The van der Waals surface area contributed by atoms with Gasteiger partial charge in [0.15, 0.2) is 23.2 Å². The SMILES string of the molecule is COc1c(F)c(F)c(F)c([B]c2c(F)ccc(C)c2F)c1F. The third-order valence-electron chi connectivity index (χ3n) is 3.07. The standard InChI is InChI=1S/C14H8BF6O/c1-5-3-4-6(16)7(9(5)17)15-8-10(18)12(20)13(21)14(22-2)11(8)19/h3-4H,1-2H3. The van der Waals surface area contributed by atoms with Gasteiger partial charge in [0, 0.05) is 0 Å². The number of halogens is 6. The summed E-state index contributed by atoms with van der Waals surface area (Å²) in [5.74, 6) is -10.7. The average molecular weight is 317 g/mol. The lowest BCUT2D eigenvalue weighted by Gasteiger charge is -2.12. The Kier molecular flexibility index (Phi) is 4.39. The van der Waals surface area contributed by atoms with Gasteiger partial charge in [-0.25, -0.2) is 22.0 Å². The van der Waals surface area contributed by atoms with E-state index >= 15 is 0 Å². The molecule has 1 nitrogen and oxygen atoms in total. The molecule has 115 valence electrons. The third-order valence-corrected chi connectivity index (χ3v) is 3.07. The van der Waals surface area contributed by atoms with Crippen molar-refractivity contribution < 1.29 is 31.1 Å². The van der Waals surface area contributed by atoms with Crippen LogP contribution in [0.2, 0.25) is 0 Å². The minimum Gasteiger partial charge on any atom is -0.491 e. The normalized spacial score (nSPS) is 10.7. The van der Waals surface area contributed by atoms with E-state index in [4.69, 9.17) is 0 Å². The zero-order valence-corrected chi connectivity index (χ0v) is 11.4. The summed E-state index contributed by atoms with van der Waals surface area (Å²) in [6.07, 6.45) is 0. The van der Waals surface area contributed by atoms with Gasteiger partial charge in [-0.05, 0) is 29.5 Å². The van der Waals surface area contributed by atoms with E-state index in [1.165, 1.54) is 6.92 Å². The van der Waals surface area contributed by atoms with Crippen molar-refractivity contribution in [2.75, 3.05) is 7.11 Å². The maximum Gasteiger partial charge on any atom is 0.207 e. The van der Waals surface area contributed by atoms with Crippen LogP contribution in [-0.2, 0) is 0 Å². The van der Waals surface area contributed by atoms with Crippen molar-refractivity contribution in [2.45, 2.75) is 6.92 Å². The summed E-state index contributed by atoms with van der Waals surface area (Å²) in [6.45, 7) is 1.31. The second-order valence-corrected chi connectivity index (χ2v) is 4.44. The van der Waals surface area contributed by atoms with Gasteiger partial charge in [-0.2, -0.15) is 4.39 Å². The van der Waals surface area contributed by atoms with Crippen LogP contribution in [-0.4, -0.2) is 14.4 Å². The van der Waals surface area contributed by atoms with Crippen molar-refractivity contribution in [1.82, 2.24) is 0 Å². The van der Waals surface area contributed by atoms with Crippen LogP contribution in [0.15, 0.2) is 12.1 Å². The molecule has 0 unspecified atom stereocenters. The van der Waals surface area contributed by atoms with Crippen molar-refractivity contribution in [3.8, 4) is 5.75 Å². The highest BCUT2D eigenvalue weighted by molar-refractivity contribution is 6.67. The molecule has 0 bridgehead atoms. The molecule has 0 aliphatic carbocycles. The lowest BCUT2D eigenvalue weighted by atomic mass is 9.62. The number of ether oxygens (including phenoxy) is 1. The summed E-state index contributed by atoms with van der Waals surface area (Å²) in [5.41, 5.74) is -1.90. The zero-order valence-electron chi connectivity index (χ0n) is 11.4. The highest BCUT2D eigenvalue weighted by Gasteiger charge is 2.28. The molecule has 1 radical (unpaired) electrons. The fourth-order valence-electron chi connectivity index (χ4n) is 1.89. The van der Waals surface area contributed by atoms with E-state index in [0.717, 1.165) is 19.2 Å². The highest BCUT2D eigenvalue weighted by atomic mass is 19.2. The minimum absolute atomic E-state index is 0.0167. The first kappa shape index (κ1) is 16.3. The molecule has 0 aromatic heterocycles. The largest absolute Gasteiger partial charge is 0.491 e. The molecule has 2 aromatic carbocycles. The summed E-state index contributed by atoms with van der Waals surface area (Å²) in [5, 5.41) is 0. The second kappa shape index (κ2) is 5.94. The number of hydrogen-bond donors (Lipinski definition) is 0. The monoisotopic (exact) mass is 317 g/mol. The molecular weight excluding hydrogens is 309 g/mol. The highest BCUT2D eigenvalue weighted by Crippen LogP contribution is 2.24. The Morgan fingerprint density at radius 2 is 1.41 bits per heavy atom. The van der Waals surface area contributed by atoms with E-state index in [1.807, 2.05) is 0 Å². The van der Waals surface area contributed by atoms with E-state index in [-0.39, 0.29) is 5.56 Å². The van der Waals surface area contributed by atoms with Gasteiger partial charge in [0.05, 0.1) is 7.11 Å². The first-order valence-electron chi connectivity index (χ1n) is 5.98. The Balaban J connectivity index is 2.65. The smallest absolute Gasteiger partial charge is 0.207 e. The van der Waals surface area contributed by atoms with Crippen LogP contribution in [0.25, 0.3) is 0 Å². The van der Waals surface area contributed by atoms with Crippen LogP contribution >= 0.6 is 0 Å². The fourth-order valence-corrected chi connectivity index (χ4v) is 1.89. The summed E-state index contributed by atoms with van der Waals surface area (Å²) >= 11 is 0. The molecular formula is C14H8BF6O. The van der Waals surface area contributed by atoms with Crippen molar-refractivity contribution in [3.05, 3.63) is 52.6 Å². The van der Waals surface area contributed by atoms with Gasteiger partial charge in [-0.3, -0.25) is 0 Å². The van der Waals surface area contributed by atoms with E-state index in [9.17, 15) is 26.3 Å². The molecule has 0 saturated heterocycles. The molecule has 2 rings (SSSR count).